The van der Waals surface area contributed by atoms with E-state index in [1.165, 1.54) is 11.1 Å². The minimum absolute atomic E-state index is 0.00774. The lowest BCUT2D eigenvalue weighted by Gasteiger charge is -2.14. The third-order valence-electron chi connectivity index (χ3n) is 5.34. The SMILES string of the molecule is Nc1c(F)cc(C=CCCNC(=O)OCC2c3ccccc3-c3ccccc32)cc1F. The maximum Gasteiger partial charge on any atom is 0.407 e. The first-order valence-corrected chi connectivity index (χ1v) is 10.0. The van der Waals surface area contributed by atoms with E-state index in [1.807, 2.05) is 24.3 Å². The van der Waals surface area contributed by atoms with Gasteiger partial charge in [-0.1, -0.05) is 60.7 Å². The Morgan fingerprint density at radius 3 is 2.19 bits per heavy atom. The van der Waals surface area contributed by atoms with Gasteiger partial charge in [0.15, 0.2) is 0 Å². The van der Waals surface area contributed by atoms with Crippen LogP contribution < -0.4 is 11.1 Å². The molecule has 0 bridgehead atoms. The fraction of sp³-hybridized carbons (Fsp3) is 0.160. The van der Waals surface area contributed by atoms with Gasteiger partial charge in [-0.15, -0.1) is 0 Å². The van der Waals surface area contributed by atoms with Gasteiger partial charge in [0.25, 0.3) is 0 Å². The molecule has 3 N–H and O–H groups in total. The van der Waals surface area contributed by atoms with Crippen LogP contribution in [-0.4, -0.2) is 19.2 Å². The molecule has 4 nitrogen and oxygen atoms in total. The van der Waals surface area contributed by atoms with Gasteiger partial charge in [0, 0.05) is 12.5 Å². The number of halogens is 2. The molecule has 1 amide bonds. The largest absolute Gasteiger partial charge is 0.449 e. The minimum atomic E-state index is -0.795. The van der Waals surface area contributed by atoms with Gasteiger partial charge in [-0.2, -0.15) is 0 Å². The predicted molar refractivity (Wildman–Crippen MR) is 117 cm³/mol. The number of rotatable bonds is 6. The van der Waals surface area contributed by atoms with Gasteiger partial charge in [-0.3, -0.25) is 0 Å². The number of ether oxygens (including phenoxy) is 1. The molecule has 0 fully saturated rings. The Morgan fingerprint density at radius 2 is 1.58 bits per heavy atom. The van der Waals surface area contributed by atoms with Gasteiger partial charge in [0.2, 0.25) is 0 Å². The predicted octanol–water partition coefficient (Wildman–Crippen LogP) is 5.49. The van der Waals surface area contributed by atoms with Crippen molar-refractivity contribution in [1.82, 2.24) is 5.32 Å². The molecule has 0 spiro atoms. The number of hydrogen-bond donors (Lipinski definition) is 2. The van der Waals surface area contributed by atoms with Crippen molar-refractivity contribution in [3.05, 3.63) is 95.1 Å². The number of alkyl carbamates (subject to hydrolysis) is 1. The molecule has 0 aromatic heterocycles. The zero-order chi connectivity index (χ0) is 21.8. The monoisotopic (exact) mass is 420 g/mol. The summed E-state index contributed by atoms with van der Waals surface area (Å²) in [5, 5.41) is 2.69. The molecule has 0 unspecified atom stereocenters. The van der Waals surface area contributed by atoms with Gasteiger partial charge in [0.1, 0.15) is 23.9 Å². The van der Waals surface area contributed by atoms with Gasteiger partial charge in [-0.05, 0) is 46.4 Å². The average molecular weight is 420 g/mol. The number of fused-ring (bicyclic) bond motifs is 3. The highest BCUT2D eigenvalue weighted by molar-refractivity contribution is 5.79. The molecule has 6 heteroatoms. The van der Waals surface area contributed by atoms with E-state index in [9.17, 15) is 13.6 Å². The van der Waals surface area contributed by atoms with Crippen molar-refractivity contribution in [1.29, 1.82) is 0 Å². The van der Waals surface area contributed by atoms with Crippen molar-refractivity contribution in [2.24, 2.45) is 0 Å². The fourth-order valence-electron chi connectivity index (χ4n) is 3.83. The van der Waals surface area contributed by atoms with Crippen LogP contribution in [0.25, 0.3) is 17.2 Å². The second-order valence-corrected chi connectivity index (χ2v) is 7.34. The number of nitrogen functional groups attached to an aromatic ring is 1. The van der Waals surface area contributed by atoms with E-state index >= 15 is 0 Å². The van der Waals surface area contributed by atoms with Crippen molar-refractivity contribution in [3.8, 4) is 11.1 Å². The Labute approximate surface area is 179 Å². The van der Waals surface area contributed by atoms with E-state index in [-0.39, 0.29) is 12.5 Å². The second-order valence-electron chi connectivity index (χ2n) is 7.34. The molecule has 31 heavy (non-hydrogen) atoms. The number of hydrogen-bond acceptors (Lipinski definition) is 3. The first kappa shape index (κ1) is 20.6. The number of benzene rings is 3. The number of nitrogens with one attached hydrogen (secondary N) is 1. The van der Waals surface area contributed by atoms with E-state index in [0.29, 0.717) is 18.5 Å². The summed E-state index contributed by atoms with van der Waals surface area (Å²) in [6.45, 7) is 0.590. The van der Waals surface area contributed by atoms with E-state index in [2.05, 4.69) is 29.6 Å². The lowest BCUT2D eigenvalue weighted by molar-refractivity contribution is 0.143. The molecular formula is C25H22F2N2O2. The first-order chi connectivity index (χ1) is 15.0. The van der Waals surface area contributed by atoms with E-state index in [4.69, 9.17) is 10.5 Å². The first-order valence-electron chi connectivity index (χ1n) is 10.0. The molecule has 4 rings (SSSR count). The fourth-order valence-corrected chi connectivity index (χ4v) is 3.83. The normalized spacial score (nSPS) is 12.6. The Kier molecular flexibility index (Phi) is 5.98. The summed E-state index contributed by atoms with van der Waals surface area (Å²) < 4.78 is 32.4. The van der Waals surface area contributed by atoms with Crippen molar-refractivity contribution in [3.63, 3.8) is 0 Å². The zero-order valence-electron chi connectivity index (χ0n) is 16.8. The van der Waals surface area contributed by atoms with E-state index in [0.717, 1.165) is 23.3 Å². The van der Waals surface area contributed by atoms with E-state index < -0.39 is 23.4 Å². The van der Waals surface area contributed by atoms with Crippen LogP contribution in [0.1, 0.15) is 29.0 Å². The number of carbonyl (C=O) groups is 1. The molecule has 0 radical (unpaired) electrons. The van der Waals surface area contributed by atoms with Crippen LogP contribution in [0.4, 0.5) is 19.3 Å². The third-order valence-corrected chi connectivity index (χ3v) is 5.34. The maximum absolute atomic E-state index is 13.4. The van der Waals surface area contributed by atoms with Crippen LogP contribution in [0.2, 0.25) is 0 Å². The third kappa shape index (κ3) is 4.43. The quantitative estimate of drug-likeness (QED) is 0.409. The van der Waals surface area contributed by atoms with Gasteiger partial charge in [0.05, 0.1) is 0 Å². The molecule has 158 valence electrons. The molecule has 1 aliphatic rings. The summed E-state index contributed by atoms with van der Waals surface area (Å²) >= 11 is 0. The van der Waals surface area contributed by atoms with Crippen molar-refractivity contribution < 1.29 is 18.3 Å². The molecule has 0 atom stereocenters. The molecule has 0 heterocycles. The van der Waals surface area contributed by atoms with Gasteiger partial charge in [-0.25, -0.2) is 13.6 Å². The Balaban J connectivity index is 1.28. The van der Waals surface area contributed by atoms with Crippen molar-refractivity contribution in [2.45, 2.75) is 12.3 Å². The van der Waals surface area contributed by atoms with Gasteiger partial charge >= 0.3 is 6.09 Å². The molecule has 0 saturated heterocycles. The number of anilines is 1. The lowest BCUT2D eigenvalue weighted by Crippen LogP contribution is -2.26. The topological polar surface area (TPSA) is 64.3 Å². The van der Waals surface area contributed by atoms with Crippen molar-refractivity contribution in [2.75, 3.05) is 18.9 Å². The van der Waals surface area contributed by atoms with Crippen molar-refractivity contribution >= 4 is 17.9 Å². The summed E-state index contributed by atoms with van der Waals surface area (Å²) in [5.41, 5.74) is 9.78. The number of nitrogens with two attached hydrogens (primary N) is 1. The highest BCUT2D eigenvalue weighted by Gasteiger charge is 2.28. The molecule has 3 aromatic carbocycles. The molecule has 0 saturated carbocycles. The second kappa shape index (κ2) is 9.00. The zero-order valence-corrected chi connectivity index (χ0v) is 16.8. The Morgan fingerprint density at radius 1 is 1.00 bits per heavy atom. The minimum Gasteiger partial charge on any atom is -0.449 e. The average Bonchev–Trinajstić information content (AvgIpc) is 3.09. The van der Waals surface area contributed by atoms with Crippen LogP contribution in [0.5, 0.6) is 0 Å². The Hall–Kier alpha value is -3.67. The summed E-state index contributed by atoms with van der Waals surface area (Å²) in [5.74, 6) is -1.58. The standard InChI is InChI=1S/C25H22F2N2O2/c26-22-13-16(14-23(27)24(22)28)7-5-6-12-29-25(30)31-15-21-19-10-3-1-8-17(19)18-9-2-4-11-20(18)21/h1-5,7-11,13-14,21H,6,12,15,28H2,(H,29,30). The Bertz CT molecular complexity index is 1080. The summed E-state index contributed by atoms with van der Waals surface area (Å²) in [6, 6.07) is 18.6. The van der Waals surface area contributed by atoms with Gasteiger partial charge < -0.3 is 15.8 Å². The van der Waals surface area contributed by atoms with Crippen LogP contribution in [0.3, 0.4) is 0 Å². The highest BCUT2D eigenvalue weighted by Crippen LogP contribution is 2.44. The number of carbonyl (C=O) groups excluding carboxylic acids is 1. The summed E-state index contributed by atoms with van der Waals surface area (Å²) in [6.07, 6.45) is 3.27. The molecule has 3 aromatic rings. The molecular weight excluding hydrogens is 398 g/mol. The highest BCUT2D eigenvalue weighted by atomic mass is 19.1. The number of amides is 1. The summed E-state index contributed by atoms with van der Waals surface area (Å²) in [4.78, 5) is 12.1. The van der Waals surface area contributed by atoms with Crippen LogP contribution in [-0.2, 0) is 4.74 Å². The summed E-state index contributed by atoms with van der Waals surface area (Å²) in [7, 11) is 0. The van der Waals surface area contributed by atoms with Crippen LogP contribution in [0.15, 0.2) is 66.7 Å². The van der Waals surface area contributed by atoms with Crippen LogP contribution in [0, 0.1) is 11.6 Å². The lowest BCUT2D eigenvalue weighted by atomic mass is 9.98. The van der Waals surface area contributed by atoms with E-state index in [1.54, 1.807) is 12.2 Å². The smallest absolute Gasteiger partial charge is 0.407 e. The molecule has 0 aliphatic heterocycles. The van der Waals surface area contributed by atoms with Crippen LogP contribution >= 0.6 is 0 Å². The molecule has 1 aliphatic carbocycles. The maximum atomic E-state index is 13.4.